The second-order valence-corrected chi connectivity index (χ2v) is 5.46. The van der Waals surface area contributed by atoms with Crippen LogP contribution >= 0.6 is 0 Å². The number of benzene rings is 1. The zero-order valence-electron chi connectivity index (χ0n) is 12.4. The fraction of sp³-hybridized carbons (Fsp3) is 0.312. The molecule has 0 radical (unpaired) electrons. The van der Waals surface area contributed by atoms with Gasteiger partial charge in [-0.3, -0.25) is 9.59 Å². The monoisotopic (exact) mass is 312 g/mol. The number of carbonyl (C=O) groups is 3. The first-order chi connectivity index (χ1) is 11.1. The predicted molar refractivity (Wildman–Crippen MR) is 83.5 cm³/mol. The van der Waals surface area contributed by atoms with Crippen LogP contribution in [0.25, 0.3) is 0 Å². The number of nitrogens with zero attached hydrogens (tertiary/aromatic N) is 2. The lowest BCUT2D eigenvalue weighted by Gasteiger charge is -2.43. The van der Waals surface area contributed by atoms with E-state index in [-0.39, 0.29) is 12.1 Å². The standard InChI is InChI=1S/C16H16N4O3/c1-2-11-4-3-5-12(8-11)18-16(23)19-6-7-20-13(10-19)9-17-14(21)15(20)22/h1,3-5,8,13H,6-7,9-10H2,(H,17,21)(H,18,23)/t13-/m0/s1. The molecule has 0 aromatic heterocycles. The van der Waals surface area contributed by atoms with E-state index in [2.05, 4.69) is 16.6 Å². The number of urea groups is 1. The van der Waals surface area contributed by atoms with Gasteiger partial charge in [-0.1, -0.05) is 12.0 Å². The molecule has 3 rings (SSSR count). The first-order valence-corrected chi connectivity index (χ1v) is 7.30. The second kappa shape index (κ2) is 6.01. The Morgan fingerprint density at radius 3 is 2.96 bits per heavy atom. The lowest BCUT2D eigenvalue weighted by atomic mass is 10.1. The average molecular weight is 312 g/mol. The Bertz CT molecular complexity index is 710. The van der Waals surface area contributed by atoms with Gasteiger partial charge >= 0.3 is 17.8 Å². The molecule has 2 aliphatic rings. The number of anilines is 1. The molecule has 23 heavy (non-hydrogen) atoms. The van der Waals surface area contributed by atoms with Crippen molar-refractivity contribution in [1.82, 2.24) is 15.1 Å². The zero-order valence-corrected chi connectivity index (χ0v) is 12.4. The summed E-state index contributed by atoms with van der Waals surface area (Å²) in [4.78, 5) is 38.7. The van der Waals surface area contributed by atoms with Crippen molar-refractivity contribution in [3.8, 4) is 12.3 Å². The van der Waals surface area contributed by atoms with Gasteiger partial charge in [0.15, 0.2) is 0 Å². The molecule has 7 heteroatoms. The number of hydrogen-bond acceptors (Lipinski definition) is 3. The molecule has 0 aliphatic carbocycles. The van der Waals surface area contributed by atoms with E-state index in [1.807, 2.05) is 0 Å². The Morgan fingerprint density at radius 1 is 1.35 bits per heavy atom. The van der Waals surface area contributed by atoms with E-state index in [4.69, 9.17) is 6.42 Å². The second-order valence-electron chi connectivity index (χ2n) is 5.46. The average Bonchev–Trinajstić information content (AvgIpc) is 2.58. The smallest absolute Gasteiger partial charge is 0.321 e. The maximum Gasteiger partial charge on any atom is 0.321 e. The maximum absolute atomic E-state index is 12.4. The van der Waals surface area contributed by atoms with E-state index in [0.29, 0.717) is 37.4 Å². The van der Waals surface area contributed by atoms with Crippen molar-refractivity contribution < 1.29 is 14.4 Å². The van der Waals surface area contributed by atoms with E-state index in [0.717, 1.165) is 0 Å². The maximum atomic E-state index is 12.4. The lowest BCUT2D eigenvalue weighted by molar-refractivity contribution is -0.152. The number of piperazine rings is 2. The van der Waals surface area contributed by atoms with Crippen molar-refractivity contribution in [2.45, 2.75) is 6.04 Å². The first kappa shape index (κ1) is 14.9. The summed E-state index contributed by atoms with van der Waals surface area (Å²) in [6, 6.07) is 6.61. The number of carbonyl (C=O) groups excluding carboxylic acids is 3. The van der Waals surface area contributed by atoms with Crippen molar-refractivity contribution in [2.75, 3.05) is 31.5 Å². The van der Waals surface area contributed by atoms with Crippen molar-refractivity contribution >= 4 is 23.5 Å². The molecule has 118 valence electrons. The molecule has 7 nitrogen and oxygen atoms in total. The highest BCUT2D eigenvalue weighted by Gasteiger charge is 2.38. The third-order valence-electron chi connectivity index (χ3n) is 4.00. The molecule has 0 bridgehead atoms. The van der Waals surface area contributed by atoms with E-state index < -0.39 is 11.8 Å². The minimum atomic E-state index is -0.578. The summed E-state index contributed by atoms with van der Waals surface area (Å²) in [6.45, 7) is 1.48. The van der Waals surface area contributed by atoms with Gasteiger partial charge in [0.2, 0.25) is 0 Å². The molecule has 2 N–H and O–H groups in total. The Balaban J connectivity index is 1.64. The van der Waals surface area contributed by atoms with E-state index in [9.17, 15) is 14.4 Å². The molecule has 2 saturated heterocycles. The van der Waals surface area contributed by atoms with Crippen LogP contribution in [0.2, 0.25) is 0 Å². The molecule has 4 amide bonds. The van der Waals surface area contributed by atoms with Crippen LogP contribution in [0.15, 0.2) is 24.3 Å². The third kappa shape index (κ3) is 2.97. The summed E-state index contributed by atoms with van der Waals surface area (Å²) in [5.74, 6) is 1.41. The van der Waals surface area contributed by atoms with Crippen LogP contribution < -0.4 is 10.6 Å². The normalized spacial score (nSPS) is 20.4. The zero-order chi connectivity index (χ0) is 16.4. The van der Waals surface area contributed by atoms with Gasteiger partial charge in [0, 0.05) is 37.4 Å². The summed E-state index contributed by atoms with van der Waals surface area (Å²) in [5.41, 5.74) is 1.31. The van der Waals surface area contributed by atoms with E-state index in [1.165, 1.54) is 4.90 Å². The van der Waals surface area contributed by atoms with E-state index in [1.54, 1.807) is 29.2 Å². The first-order valence-electron chi connectivity index (χ1n) is 7.30. The molecule has 1 aromatic rings. The topological polar surface area (TPSA) is 81.8 Å². The van der Waals surface area contributed by atoms with E-state index >= 15 is 0 Å². The van der Waals surface area contributed by atoms with Gasteiger partial charge in [0.1, 0.15) is 0 Å². The summed E-state index contributed by atoms with van der Waals surface area (Å²) in [7, 11) is 0. The van der Waals surface area contributed by atoms with Crippen LogP contribution in [-0.2, 0) is 9.59 Å². The van der Waals surface area contributed by atoms with Gasteiger partial charge in [0.25, 0.3) is 0 Å². The quantitative estimate of drug-likeness (QED) is 0.558. The number of nitrogens with one attached hydrogen (secondary N) is 2. The summed E-state index contributed by atoms with van der Waals surface area (Å²) < 4.78 is 0. The van der Waals surface area contributed by atoms with Crippen molar-refractivity contribution in [3.05, 3.63) is 29.8 Å². The lowest BCUT2D eigenvalue weighted by Crippen LogP contribution is -2.66. The highest BCUT2D eigenvalue weighted by Crippen LogP contribution is 2.15. The Labute approximate surface area is 133 Å². The summed E-state index contributed by atoms with van der Waals surface area (Å²) in [5, 5.41) is 5.35. The number of hydrogen-bond donors (Lipinski definition) is 2. The minimum absolute atomic E-state index is 0.184. The molecule has 1 atom stereocenters. The van der Waals surface area contributed by atoms with Crippen molar-refractivity contribution in [1.29, 1.82) is 0 Å². The van der Waals surface area contributed by atoms with Gasteiger partial charge in [-0.25, -0.2) is 4.79 Å². The fourth-order valence-corrected chi connectivity index (χ4v) is 2.79. The molecular formula is C16H16N4O3. The van der Waals surface area contributed by atoms with Crippen molar-refractivity contribution in [2.24, 2.45) is 0 Å². The van der Waals surface area contributed by atoms with Crippen LogP contribution in [0.3, 0.4) is 0 Å². The van der Waals surface area contributed by atoms with Crippen LogP contribution in [0.1, 0.15) is 5.56 Å². The van der Waals surface area contributed by atoms with Gasteiger partial charge in [-0.05, 0) is 18.2 Å². The molecule has 0 saturated carbocycles. The Morgan fingerprint density at radius 2 is 2.17 bits per heavy atom. The van der Waals surface area contributed by atoms with Gasteiger partial charge < -0.3 is 20.4 Å². The molecule has 1 aromatic carbocycles. The van der Waals surface area contributed by atoms with Crippen LogP contribution in [-0.4, -0.2) is 59.9 Å². The van der Waals surface area contributed by atoms with Gasteiger partial charge in [0.05, 0.1) is 6.04 Å². The van der Waals surface area contributed by atoms with Crippen LogP contribution in [0.4, 0.5) is 10.5 Å². The number of fused-ring (bicyclic) bond motifs is 1. The third-order valence-corrected chi connectivity index (χ3v) is 4.00. The Hall–Kier alpha value is -3.01. The predicted octanol–water partition coefficient (Wildman–Crippen LogP) is -0.158. The molecular weight excluding hydrogens is 296 g/mol. The Kier molecular flexibility index (Phi) is 3.89. The number of rotatable bonds is 1. The van der Waals surface area contributed by atoms with Crippen LogP contribution in [0, 0.1) is 12.3 Å². The molecule has 0 unspecified atom stereocenters. The van der Waals surface area contributed by atoms with Gasteiger partial charge in [-0.2, -0.15) is 0 Å². The summed E-state index contributed by atoms with van der Waals surface area (Å²) >= 11 is 0. The fourth-order valence-electron chi connectivity index (χ4n) is 2.79. The summed E-state index contributed by atoms with van der Waals surface area (Å²) in [6.07, 6.45) is 5.34. The van der Waals surface area contributed by atoms with Gasteiger partial charge in [-0.15, -0.1) is 6.42 Å². The molecule has 2 aliphatic heterocycles. The molecule has 2 fully saturated rings. The SMILES string of the molecule is C#Cc1cccc(NC(=O)N2CCN3C(=O)C(=O)NC[C@H]3C2)c1. The highest BCUT2D eigenvalue weighted by molar-refractivity contribution is 6.35. The molecule has 2 heterocycles. The number of terminal acetylenes is 1. The largest absolute Gasteiger partial charge is 0.346 e. The van der Waals surface area contributed by atoms with Crippen molar-refractivity contribution in [3.63, 3.8) is 0 Å². The van der Waals surface area contributed by atoms with Crippen LogP contribution in [0.5, 0.6) is 0 Å². The molecule has 0 spiro atoms. The highest BCUT2D eigenvalue weighted by atomic mass is 16.2. The number of amides is 4. The minimum Gasteiger partial charge on any atom is -0.346 e.